The van der Waals surface area contributed by atoms with Crippen LogP contribution in [0.1, 0.15) is 11.3 Å². The van der Waals surface area contributed by atoms with E-state index in [9.17, 15) is 0 Å². The summed E-state index contributed by atoms with van der Waals surface area (Å²) < 4.78 is 3.86. The Morgan fingerprint density at radius 1 is 1.00 bits per heavy atom. The van der Waals surface area contributed by atoms with E-state index in [0.717, 1.165) is 35.7 Å². The van der Waals surface area contributed by atoms with Crippen LogP contribution in [0.2, 0.25) is 5.02 Å². The molecule has 6 heteroatoms. The molecule has 0 atom stereocenters. The summed E-state index contributed by atoms with van der Waals surface area (Å²) in [4.78, 5) is 6.85. The standard InChI is InChI=1S/C19H18ClN5/c1-23(13-17-14-24-12-16(20)7-8-19(24)22-17)10-15-9-21-25(11-15)18-5-3-2-4-6-18/h2-9,11-12,14H,10,13H2,1H3. The SMILES string of the molecule is CN(Cc1cnn(-c2ccccc2)c1)Cc1cn2cc(Cl)ccc2n1. The number of fused-ring (bicyclic) bond motifs is 1. The number of hydrogen-bond donors (Lipinski definition) is 0. The summed E-state index contributed by atoms with van der Waals surface area (Å²) in [7, 11) is 2.08. The summed E-state index contributed by atoms with van der Waals surface area (Å²) in [6, 6.07) is 13.9. The van der Waals surface area contributed by atoms with Gasteiger partial charge in [0.2, 0.25) is 0 Å². The van der Waals surface area contributed by atoms with Gasteiger partial charge in [0.1, 0.15) is 5.65 Å². The molecular weight excluding hydrogens is 334 g/mol. The van der Waals surface area contributed by atoms with Crippen LogP contribution < -0.4 is 0 Å². The Balaban J connectivity index is 1.45. The lowest BCUT2D eigenvalue weighted by Gasteiger charge is -2.13. The molecule has 0 spiro atoms. The van der Waals surface area contributed by atoms with Gasteiger partial charge in [0, 0.05) is 37.2 Å². The molecule has 4 aromatic rings. The molecule has 4 rings (SSSR count). The van der Waals surface area contributed by atoms with Crippen molar-refractivity contribution in [2.24, 2.45) is 0 Å². The average Bonchev–Trinajstić information content (AvgIpc) is 3.21. The molecule has 25 heavy (non-hydrogen) atoms. The highest BCUT2D eigenvalue weighted by molar-refractivity contribution is 6.30. The minimum Gasteiger partial charge on any atom is -0.305 e. The second-order valence-corrected chi connectivity index (χ2v) is 6.58. The minimum absolute atomic E-state index is 0.707. The van der Waals surface area contributed by atoms with E-state index in [4.69, 9.17) is 11.6 Å². The van der Waals surface area contributed by atoms with Crippen LogP contribution in [0.3, 0.4) is 0 Å². The highest BCUT2D eigenvalue weighted by atomic mass is 35.5. The van der Waals surface area contributed by atoms with Crippen LogP contribution in [0, 0.1) is 0 Å². The van der Waals surface area contributed by atoms with Crippen LogP contribution in [0.25, 0.3) is 11.3 Å². The predicted molar refractivity (Wildman–Crippen MR) is 98.9 cm³/mol. The zero-order chi connectivity index (χ0) is 17.2. The van der Waals surface area contributed by atoms with Crippen LogP contribution in [-0.2, 0) is 13.1 Å². The molecule has 0 radical (unpaired) electrons. The molecule has 0 aliphatic carbocycles. The Kier molecular flexibility index (Phi) is 4.26. The molecule has 0 bridgehead atoms. The Hall–Kier alpha value is -2.63. The summed E-state index contributed by atoms with van der Waals surface area (Å²) in [5.41, 5.74) is 4.15. The van der Waals surface area contributed by atoms with Gasteiger partial charge in [-0.05, 0) is 31.3 Å². The van der Waals surface area contributed by atoms with Crippen LogP contribution in [0.5, 0.6) is 0 Å². The van der Waals surface area contributed by atoms with Gasteiger partial charge in [-0.25, -0.2) is 9.67 Å². The van der Waals surface area contributed by atoms with Crippen molar-refractivity contribution in [3.8, 4) is 5.69 Å². The van der Waals surface area contributed by atoms with E-state index in [1.54, 1.807) is 0 Å². The van der Waals surface area contributed by atoms with E-state index in [-0.39, 0.29) is 0 Å². The van der Waals surface area contributed by atoms with Crippen molar-refractivity contribution in [3.63, 3.8) is 0 Å². The molecule has 0 aliphatic rings. The normalized spacial score (nSPS) is 11.5. The zero-order valence-electron chi connectivity index (χ0n) is 13.9. The van der Waals surface area contributed by atoms with E-state index in [1.165, 1.54) is 0 Å². The number of aromatic nitrogens is 4. The molecule has 3 heterocycles. The molecule has 126 valence electrons. The van der Waals surface area contributed by atoms with E-state index < -0.39 is 0 Å². The lowest BCUT2D eigenvalue weighted by Crippen LogP contribution is -2.17. The first-order valence-corrected chi connectivity index (χ1v) is 8.46. The van der Waals surface area contributed by atoms with Crippen LogP contribution in [-0.4, -0.2) is 31.1 Å². The number of para-hydroxylation sites is 1. The van der Waals surface area contributed by atoms with Crippen LogP contribution in [0.15, 0.2) is 67.3 Å². The molecular formula is C19H18ClN5. The van der Waals surface area contributed by atoms with Crippen molar-refractivity contribution in [1.29, 1.82) is 0 Å². The van der Waals surface area contributed by atoms with Gasteiger partial charge in [0.05, 0.1) is 22.6 Å². The molecule has 5 nitrogen and oxygen atoms in total. The third-order valence-electron chi connectivity index (χ3n) is 4.01. The lowest BCUT2D eigenvalue weighted by atomic mass is 10.3. The first kappa shape index (κ1) is 15.9. The molecule has 0 N–H and O–H groups in total. The van der Waals surface area contributed by atoms with E-state index >= 15 is 0 Å². The molecule has 0 fully saturated rings. The van der Waals surface area contributed by atoms with Crippen molar-refractivity contribution in [1.82, 2.24) is 24.1 Å². The van der Waals surface area contributed by atoms with Gasteiger partial charge in [0.25, 0.3) is 0 Å². The van der Waals surface area contributed by atoms with E-state index in [2.05, 4.69) is 28.2 Å². The Labute approximate surface area is 151 Å². The highest BCUT2D eigenvalue weighted by Crippen LogP contribution is 2.14. The fourth-order valence-electron chi connectivity index (χ4n) is 2.90. The minimum atomic E-state index is 0.707. The molecule has 0 saturated carbocycles. The fourth-order valence-corrected chi connectivity index (χ4v) is 3.07. The number of rotatable bonds is 5. The van der Waals surface area contributed by atoms with Crippen molar-refractivity contribution in [2.45, 2.75) is 13.1 Å². The molecule has 0 amide bonds. The largest absolute Gasteiger partial charge is 0.305 e. The molecule has 1 aromatic carbocycles. The summed E-state index contributed by atoms with van der Waals surface area (Å²) in [5.74, 6) is 0. The number of benzene rings is 1. The molecule has 3 aromatic heterocycles. The summed E-state index contributed by atoms with van der Waals surface area (Å²) in [6.07, 6.45) is 7.87. The van der Waals surface area contributed by atoms with Crippen molar-refractivity contribution < 1.29 is 0 Å². The number of hydrogen-bond acceptors (Lipinski definition) is 3. The van der Waals surface area contributed by atoms with Gasteiger partial charge < -0.3 is 4.40 Å². The molecule has 0 saturated heterocycles. The first-order valence-electron chi connectivity index (χ1n) is 8.08. The van der Waals surface area contributed by atoms with Crippen LogP contribution >= 0.6 is 11.6 Å². The number of imidazole rings is 1. The number of halogens is 1. The maximum atomic E-state index is 6.03. The van der Waals surface area contributed by atoms with E-state index in [0.29, 0.717) is 5.02 Å². The Morgan fingerprint density at radius 3 is 2.68 bits per heavy atom. The maximum Gasteiger partial charge on any atom is 0.137 e. The number of pyridine rings is 1. The van der Waals surface area contributed by atoms with Gasteiger partial charge in [0.15, 0.2) is 0 Å². The molecule has 0 aliphatic heterocycles. The number of nitrogens with zero attached hydrogens (tertiary/aromatic N) is 5. The van der Waals surface area contributed by atoms with Crippen molar-refractivity contribution in [3.05, 3.63) is 83.5 Å². The predicted octanol–water partition coefficient (Wildman–Crippen LogP) is 3.81. The van der Waals surface area contributed by atoms with Crippen molar-refractivity contribution >= 4 is 17.2 Å². The zero-order valence-corrected chi connectivity index (χ0v) is 14.6. The summed E-state index contributed by atoms with van der Waals surface area (Å²) >= 11 is 6.03. The van der Waals surface area contributed by atoms with Gasteiger partial charge in [-0.3, -0.25) is 4.90 Å². The Morgan fingerprint density at radius 2 is 1.84 bits per heavy atom. The average molecular weight is 352 g/mol. The maximum absolute atomic E-state index is 6.03. The van der Waals surface area contributed by atoms with Gasteiger partial charge in [-0.15, -0.1) is 0 Å². The first-order chi connectivity index (χ1) is 12.2. The lowest BCUT2D eigenvalue weighted by molar-refractivity contribution is 0.315. The van der Waals surface area contributed by atoms with Crippen LogP contribution in [0.4, 0.5) is 0 Å². The quantitative estimate of drug-likeness (QED) is 0.549. The second kappa shape index (κ2) is 6.70. The van der Waals surface area contributed by atoms with E-state index in [1.807, 2.05) is 70.1 Å². The topological polar surface area (TPSA) is 38.4 Å². The fraction of sp³-hybridized carbons (Fsp3) is 0.158. The molecule has 0 unspecified atom stereocenters. The van der Waals surface area contributed by atoms with Crippen molar-refractivity contribution in [2.75, 3.05) is 7.05 Å². The third kappa shape index (κ3) is 3.57. The second-order valence-electron chi connectivity index (χ2n) is 6.15. The van der Waals surface area contributed by atoms with Gasteiger partial charge in [-0.1, -0.05) is 29.8 Å². The summed E-state index contributed by atoms with van der Waals surface area (Å²) in [5, 5.41) is 5.15. The van der Waals surface area contributed by atoms with Gasteiger partial charge in [-0.2, -0.15) is 5.10 Å². The monoisotopic (exact) mass is 351 g/mol. The Bertz CT molecular complexity index is 989. The third-order valence-corrected chi connectivity index (χ3v) is 4.23. The van der Waals surface area contributed by atoms with Gasteiger partial charge >= 0.3 is 0 Å². The summed E-state index contributed by atoms with van der Waals surface area (Å²) in [6.45, 7) is 1.57. The smallest absolute Gasteiger partial charge is 0.137 e. The highest BCUT2D eigenvalue weighted by Gasteiger charge is 2.08.